The predicted octanol–water partition coefficient (Wildman–Crippen LogP) is 3.05. The summed E-state index contributed by atoms with van der Waals surface area (Å²) in [5.41, 5.74) is 1.10. The largest absolute Gasteiger partial charge is 0.355 e. The second-order valence-corrected chi connectivity index (χ2v) is 6.61. The number of hydrogen-bond donors (Lipinski definition) is 3. The standard InChI is InChI=1S/C15H24Cl2N4/c1-15(2,3)21-8-7-19-14(18-4)20-10-11-5-6-12(16)9-13(11)17/h5-6,9,21H,7-8,10H2,1-4H3,(H2,18,19,20). The summed E-state index contributed by atoms with van der Waals surface area (Å²) in [6.45, 7) is 8.69. The van der Waals surface area contributed by atoms with E-state index in [1.807, 2.05) is 12.1 Å². The summed E-state index contributed by atoms with van der Waals surface area (Å²) < 4.78 is 0. The third-order valence-electron chi connectivity index (χ3n) is 2.76. The van der Waals surface area contributed by atoms with Crippen LogP contribution in [-0.4, -0.2) is 31.6 Å². The molecule has 0 atom stereocenters. The van der Waals surface area contributed by atoms with Crippen molar-refractivity contribution < 1.29 is 0 Å². The molecule has 1 aromatic rings. The molecule has 0 spiro atoms. The molecule has 0 aliphatic rings. The van der Waals surface area contributed by atoms with Gasteiger partial charge in [0, 0.05) is 42.3 Å². The molecule has 0 saturated heterocycles. The van der Waals surface area contributed by atoms with E-state index in [0.717, 1.165) is 24.6 Å². The Morgan fingerprint density at radius 3 is 2.43 bits per heavy atom. The lowest BCUT2D eigenvalue weighted by molar-refractivity contribution is 0.428. The first kappa shape index (κ1) is 18.1. The number of rotatable bonds is 5. The van der Waals surface area contributed by atoms with Crippen molar-refractivity contribution in [3.05, 3.63) is 33.8 Å². The van der Waals surface area contributed by atoms with Crippen molar-refractivity contribution in [1.82, 2.24) is 16.0 Å². The average Bonchev–Trinajstić information content (AvgIpc) is 2.38. The van der Waals surface area contributed by atoms with Gasteiger partial charge in [-0.3, -0.25) is 4.99 Å². The number of halogens is 2. The minimum Gasteiger partial charge on any atom is -0.355 e. The van der Waals surface area contributed by atoms with Gasteiger partial charge >= 0.3 is 0 Å². The lowest BCUT2D eigenvalue weighted by Crippen LogP contribution is -2.44. The zero-order valence-corrected chi connectivity index (χ0v) is 14.6. The fourth-order valence-electron chi connectivity index (χ4n) is 1.68. The van der Waals surface area contributed by atoms with Gasteiger partial charge in [0.25, 0.3) is 0 Å². The SMILES string of the molecule is CN=C(NCCNC(C)(C)C)NCc1ccc(Cl)cc1Cl. The molecule has 0 radical (unpaired) electrons. The van der Waals surface area contributed by atoms with Gasteiger partial charge in [0.2, 0.25) is 0 Å². The number of guanidine groups is 1. The van der Waals surface area contributed by atoms with Gasteiger partial charge in [0.15, 0.2) is 5.96 Å². The number of nitrogens with one attached hydrogen (secondary N) is 3. The molecule has 0 aliphatic carbocycles. The molecule has 6 heteroatoms. The molecule has 0 fully saturated rings. The summed E-state index contributed by atoms with van der Waals surface area (Å²) >= 11 is 12.0. The van der Waals surface area contributed by atoms with E-state index >= 15 is 0 Å². The molecule has 21 heavy (non-hydrogen) atoms. The molecule has 0 aliphatic heterocycles. The van der Waals surface area contributed by atoms with E-state index in [2.05, 4.69) is 41.7 Å². The predicted molar refractivity (Wildman–Crippen MR) is 92.4 cm³/mol. The van der Waals surface area contributed by atoms with Crippen LogP contribution in [0.25, 0.3) is 0 Å². The van der Waals surface area contributed by atoms with E-state index in [1.165, 1.54) is 0 Å². The molecule has 0 saturated carbocycles. The summed E-state index contributed by atoms with van der Waals surface area (Å²) in [7, 11) is 1.75. The normalized spacial score (nSPS) is 12.4. The molecular formula is C15H24Cl2N4. The van der Waals surface area contributed by atoms with Crippen LogP contribution in [0.1, 0.15) is 26.3 Å². The van der Waals surface area contributed by atoms with Crippen LogP contribution in [0.4, 0.5) is 0 Å². The van der Waals surface area contributed by atoms with Gasteiger partial charge in [0.05, 0.1) is 0 Å². The Labute approximate surface area is 137 Å². The zero-order chi connectivity index (χ0) is 15.9. The van der Waals surface area contributed by atoms with Crippen molar-refractivity contribution in [3.8, 4) is 0 Å². The van der Waals surface area contributed by atoms with Gasteiger partial charge in [0.1, 0.15) is 0 Å². The van der Waals surface area contributed by atoms with Crippen LogP contribution in [0.3, 0.4) is 0 Å². The number of aliphatic imine (C=N–C) groups is 1. The minimum absolute atomic E-state index is 0.120. The number of benzene rings is 1. The number of nitrogens with zero attached hydrogens (tertiary/aromatic N) is 1. The van der Waals surface area contributed by atoms with Crippen molar-refractivity contribution in [3.63, 3.8) is 0 Å². The first-order valence-corrected chi connectivity index (χ1v) is 7.71. The van der Waals surface area contributed by atoms with E-state index in [9.17, 15) is 0 Å². The van der Waals surface area contributed by atoms with Crippen molar-refractivity contribution in [1.29, 1.82) is 0 Å². The number of hydrogen-bond acceptors (Lipinski definition) is 2. The maximum Gasteiger partial charge on any atom is 0.191 e. The van der Waals surface area contributed by atoms with Gasteiger partial charge in [-0.25, -0.2) is 0 Å². The van der Waals surface area contributed by atoms with E-state index < -0.39 is 0 Å². The van der Waals surface area contributed by atoms with Crippen LogP contribution in [0.15, 0.2) is 23.2 Å². The van der Waals surface area contributed by atoms with E-state index in [0.29, 0.717) is 16.6 Å². The molecule has 0 unspecified atom stereocenters. The second kappa shape index (κ2) is 8.47. The highest BCUT2D eigenvalue weighted by molar-refractivity contribution is 6.35. The summed E-state index contributed by atoms with van der Waals surface area (Å²) in [6, 6.07) is 5.48. The van der Waals surface area contributed by atoms with E-state index in [-0.39, 0.29) is 5.54 Å². The molecule has 1 aromatic carbocycles. The Morgan fingerprint density at radius 1 is 1.14 bits per heavy atom. The molecule has 0 bridgehead atoms. The fourth-order valence-corrected chi connectivity index (χ4v) is 2.16. The summed E-state index contributed by atoms with van der Waals surface area (Å²) in [6.07, 6.45) is 0. The van der Waals surface area contributed by atoms with Crippen LogP contribution >= 0.6 is 23.2 Å². The van der Waals surface area contributed by atoms with Crippen molar-refractivity contribution in [2.24, 2.45) is 4.99 Å². The van der Waals surface area contributed by atoms with Crippen LogP contribution in [0.5, 0.6) is 0 Å². The Bertz CT molecular complexity index is 481. The smallest absolute Gasteiger partial charge is 0.191 e. The van der Waals surface area contributed by atoms with Gasteiger partial charge < -0.3 is 16.0 Å². The molecule has 4 nitrogen and oxygen atoms in total. The molecule has 118 valence electrons. The molecule has 0 aromatic heterocycles. The van der Waals surface area contributed by atoms with Gasteiger partial charge in [-0.1, -0.05) is 29.3 Å². The molecule has 0 heterocycles. The zero-order valence-electron chi connectivity index (χ0n) is 13.1. The molecule has 3 N–H and O–H groups in total. The second-order valence-electron chi connectivity index (χ2n) is 5.77. The summed E-state index contributed by atoms with van der Waals surface area (Å²) in [5.74, 6) is 0.747. The van der Waals surface area contributed by atoms with Gasteiger partial charge in [-0.2, -0.15) is 0 Å². The first-order valence-electron chi connectivity index (χ1n) is 6.95. The van der Waals surface area contributed by atoms with Gasteiger partial charge in [-0.05, 0) is 38.5 Å². The van der Waals surface area contributed by atoms with Crippen LogP contribution in [-0.2, 0) is 6.54 Å². The minimum atomic E-state index is 0.120. The maximum atomic E-state index is 6.14. The first-order chi connectivity index (χ1) is 9.81. The van der Waals surface area contributed by atoms with Gasteiger partial charge in [-0.15, -0.1) is 0 Å². The Balaban J connectivity index is 2.38. The molecule has 1 rings (SSSR count). The van der Waals surface area contributed by atoms with Crippen molar-refractivity contribution >= 4 is 29.2 Å². The highest BCUT2D eigenvalue weighted by atomic mass is 35.5. The van der Waals surface area contributed by atoms with Crippen LogP contribution < -0.4 is 16.0 Å². The lowest BCUT2D eigenvalue weighted by atomic mass is 10.1. The Hall–Kier alpha value is -0.970. The highest BCUT2D eigenvalue weighted by Crippen LogP contribution is 2.20. The average molecular weight is 331 g/mol. The quantitative estimate of drug-likeness (QED) is 0.442. The van der Waals surface area contributed by atoms with Crippen LogP contribution in [0.2, 0.25) is 10.0 Å². The van der Waals surface area contributed by atoms with Crippen LogP contribution in [0, 0.1) is 0 Å². The lowest BCUT2D eigenvalue weighted by Gasteiger charge is -2.21. The summed E-state index contributed by atoms with van der Waals surface area (Å²) in [4.78, 5) is 4.18. The Morgan fingerprint density at radius 2 is 1.86 bits per heavy atom. The van der Waals surface area contributed by atoms with E-state index in [1.54, 1.807) is 13.1 Å². The maximum absolute atomic E-state index is 6.14. The van der Waals surface area contributed by atoms with E-state index in [4.69, 9.17) is 23.2 Å². The highest BCUT2D eigenvalue weighted by Gasteiger charge is 2.07. The third-order valence-corrected chi connectivity index (χ3v) is 3.34. The topological polar surface area (TPSA) is 48.5 Å². The molecular weight excluding hydrogens is 307 g/mol. The monoisotopic (exact) mass is 330 g/mol. The Kier molecular flexibility index (Phi) is 7.29. The third kappa shape index (κ3) is 7.55. The fraction of sp³-hybridized carbons (Fsp3) is 0.533. The summed E-state index contributed by atoms with van der Waals surface area (Å²) in [5, 5.41) is 11.2. The van der Waals surface area contributed by atoms with Crippen molar-refractivity contribution in [2.75, 3.05) is 20.1 Å². The molecule has 0 amide bonds. The van der Waals surface area contributed by atoms with Crippen molar-refractivity contribution in [2.45, 2.75) is 32.9 Å².